The number of methoxy groups -OCH3 is 2. The van der Waals surface area contributed by atoms with Gasteiger partial charge in [-0.2, -0.15) is 0 Å². The van der Waals surface area contributed by atoms with Crippen molar-refractivity contribution in [1.82, 2.24) is 15.3 Å². The zero-order valence-electron chi connectivity index (χ0n) is 10.4. The van der Waals surface area contributed by atoms with Crippen LogP contribution in [0.25, 0.3) is 0 Å². The van der Waals surface area contributed by atoms with E-state index < -0.39 is 6.29 Å². The van der Waals surface area contributed by atoms with Gasteiger partial charge in [0.05, 0.1) is 17.9 Å². The van der Waals surface area contributed by atoms with Gasteiger partial charge < -0.3 is 14.8 Å². The zero-order chi connectivity index (χ0) is 12.8. The van der Waals surface area contributed by atoms with Gasteiger partial charge in [0.2, 0.25) is 0 Å². The van der Waals surface area contributed by atoms with Crippen LogP contribution in [0.5, 0.6) is 0 Å². The number of carbonyl (C=O) groups excluding carboxylic acids is 1. The lowest BCUT2D eigenvalue weighted by molar-refractivity contribution is -0.117. The number of rotatable bonds is 5. The molecule has 1 atom stereocenters. The highest BCUT2D eigenvalue weighted by Gasteiger charge is 2.19. The average Bonchev–Trinajstić information content (AvgIpc) is 2.31. The van der Waals surface area contributed by atoms with Crippen LogP contribution in [0.1, 0.15) is 23.1 Å². The van der Waals surface area contributed by atoms with Crippen LogP contribution < -0.4 is 5.32 Å². The van der Waals surface area contributed by atoms with Crippen LogP contribution >= 0.6 is 0 Å². The highest BCUT2D eigenvalue weighted by molar-refractivity contribution is 5.92. The van der Waals surface area contributed by atoms with Gasteiger partial charge in [-0.1, -0.05) is 0 Å². The van der Waals surface area contributed by atoms with Crippen LogP contribution in [0, 0.1) is 6.92 Å². The molecule has 0 radical (unpaired) electrons. The van der Waals surface area contributed by atoms with Gasteiger partial charge >= 0.3 is 0 Å². The largest absolute Gasteiger partial charge is 0.354 e. The molecule has 0 saturated heterocycles. The first kappa shape index (κ1) is 13.5. The summed E-state index contributed by atoms with van der Waals surface area (Å²) in [7, 11) is 3.03. The normalized spacial score (nSPS) is 12.5. The molecular formula is C11H17N3O3. The molecule has 0 saturated carbocycles. The van der Waals surface area contributed by atoms with E-state index in [-0.39, 0.29) is 17.6 Å². The number of nitrogens with zero attached hydrogens (tertiary/aromatic N) is 2. The Morgan fingerprint density at radius 2 is 1.94 bits per heavy atom. The first-order valence-corrected chi connectivity index (χ1v) is 5.23. The molecule has 1 N–H and O–H groups in total. The standard InChI is InChI=1S/C11H17N3O3/c1-7-5-13-9(6-12-7)10(15)14-8(2)11(16-3)17-4/h5-6,8,11H,1-4H3,(H,14,15). The second kappa shape index (κ2) is 6.27. The lowest BCUT2D eigenvalue weighted by Crippen LogP contribution is -2.43. The first-order chi connectivity index (χ1) is 8.08. The molecule has 0 aliphatic rings. The summed E-state index contributed by atoms with van der Waals surface area (Å²) >= 11 is 0. The van der Waals surface area contributed by atoms with Crippen LogP contribution in [0.3, 0.4) is 0 Å². The number of amides is 1. The first-order valence-electron chi connectivity index (χ1n) is 5.23. The highest BCUT2D eigenvalue weighted by Crippen LogP contribution is 2.01. The SMILES string of the molecule is COC(OC)C(C)NC(=O)c1cnc(C)cn1. The molecule has 6 nitrogen and oxygen atoms in total. The second-order valence-electron chi connectivity index (χ2n) is 3.64. The third-order valence-corrected chi connectivity index (χ3v) is 2.25. The minimum absolute atomic E-state index is 0.272. The predicted molar refractivity (Wildman–Crippen MR) is 61.5 cm³/mol. The van der Waals surface area contributed by atoms with Crippen molar-refractivity contribution in [2.75, 3.05) is 14.2 Å². The molecule has 1 rings (SSSR count). The van der Waals surface area contributed by atoms with E-state index in [1.807, 2.05) is 6.92 Å². The fourth-order valence-electron chi connectivity index (χ4n) is 1.36. The Bertz CT molecular complexity index is 363. The average molecular weight is 239 g/mol. The van der Waals surface area contributed by atoms with Crippen molar-refractivity contribution in [3.63, 3.8) is 0 Å². The molecule has 17 heavy (non-hydrogen) atoms. The topological polar surface area (TPSA) is 73.3 Å². The lowest BCUT2D eigenvalue weighted by atomic mass is 10.3. The van der Waals surface area contributed by atoms with Crippen molar-refractivity contribution >= 4 is 5.91 Å². The summed E-state index contributed by atoms with van der Waals surface area (Å²) in [6.45, 7) is 3.60. The number of ether oxygens (including phenoxy) is 2. The number of aromatic nitrogens is 2. The Balaban J connectivity index is 2.62. The fourth-order valence-corrected chi connectivity index (χ4v) is 1.36. The Kier molecular flexibility index (Phi) is 4.99. The van der Waals surface area contributed by atoms with Crippen LogP contribution in [-0.4, -0.2) is 42.4 Å². The van der Waals surface area contributed by atoms with Crippen LogP contribution in [0.15, 0.2) is 12.4 Å². The van der Waals surface area contributed by atoms with Crippen molar-refractivity contribution in [1.29, 1.82) is 0 Å². The molecular weight excluding hydrogens is 222 g/mol. The molecule has 0 aromatic carbocycles. The van der Waals surface area contributed by atoms with E-state index in [1.54, 1.807) is 13.1 Å². The minimum atomic E-state index is -0.489. The summed E-state index contributed by atoms with van der Waals surface area (Å²) in [6, 6.07) is -0.277. The second-order valence-corrected chi connectivity index (χ2v) is 3.64. The molecule has 1 amide bonds. The molecule has 1 heterocycles. The van der Waals surface area contributed by atoms with E-state index >= 15 is 0 Å². The Morgan fingerprint density at radius 1 is 1.29 bits per heavy atom. The molecule has 6 heteroatoms. The van der Waals surface area contributed by atoms with Gasteiger partial charge in [-0.3, -0.25) is 9.78 Å². The van der Waals surface area contributed by atoms with E-state index in [0.29, 0.717) is 0 Å². The van der Waals surface area contributed by atoms with E-state index in [4.69, 9.17) is 9.47 Å². The van der Waals surface area contributed by atoms with Gasteiger partial charge in [0.25, 0.3) is 5.91 Å². The maximum atomic E-state index is 11.8. The minimum Gasteiger partial charge on any atom is -0.354 e. The summed E-state index contributed by atoms with van der Waals surface area (Å²) in [6.07, 6.45) is 2.49. The maximum Gasteiger partial charge on any atom is 0.271 e. The van der Waals surface area contributed by atoms with E-state index in [9.17, 15) is 4.79 Å². The molecule has 0 fully saturated rings. The Hall–Kier alpha value is -1.53. The highest BCUT2D eigenvalue weighted by atomic mass is 16.7. The summed E-state index contributed by atoms with van der Waals surface area (Å²) in [5.74, 6) is -0.302. The van der Waals surface area contributed by atoms with E-state index in [2.05, 4.69) is 15.3 Å². The Morgan fingerprint density at radius 3 is 2.41 bits per heavy atom. The number of carbonyl (C=O) groups is 1. The summed E-state index contributed by atoms with van der Waals surface area (Å²) in [5, 5.41) is 2.73. The third kappa shape index (κ3) is 3.76. The molecule has 1 aromatic rings. The van der Waals surface area contributed by atoms with Crippen molar-refractivity contribution in [2.24, 2.45) is 0 Å². The maximum absolute atomic E-state index is 11.8. The third-order valence-electron chi connectivity index (χ3n) is 2.25. The smallest absolute Gasteiger partial charge is 0.271 e. The summed E-state index contributed by atoms with van der Waals surface area (Å²) in [5.41, 5.74) is 1.04. The molecule has 1 unspecified atom stereocenters. The van der Waals surface area contributed by atoms with Crippen molar-refractivity contribution in [3.8, 4) is 0 Å². The summed E-state index contributed by atoms with van der Waals surface area (Å²) in [4.78, 5) is 19.8. The predicted octanol–water partition coefficient (Wildman–Crippen LogP) is 0.522. The van der Waals surface area contributed by atoms with Crippen molar-refractivity contribution < 1.29 is 14.3 Å². The van der Waals surface area contributed by atoms with Crippen molar-refractivity contribution in [2.45, 2.75) is 26.2 Å². The van der Waals surface area contributed by atoms with Crippen LogP contribution in [-0.2, 0) is 9.47 Å². The van der Waals surface area contributed by atoms with Crippen LogP contribution in [0.4, 0.5) is 0 Å². The quantitative estimate of drug-likeness (QED) is 0.758. The zero-order valence-corrected chi connectivity index (χ0v) is 10.4. The van der Waals surface area contributed by atoms with Crippen LogP contribution in [0.2, 0.25) is 0 Å². The van der Waals surface area contributed by atoms with Gasteiger partial charge in [-0.05, 0) is 13.8 Å². The van der Waals surface area contributed by atoms with Gasteiger partial charge in [0, 0.05) is 20.4 Å². The lowest BCUT2D eigenvalue weighted by Gasteiger charge is -2.21. The van der Waals surface area contributed by atoms with Crippen molar-refractivity contribution in [3.05, 3.63) is 23.8 Å². The summed E-state index contributed by atoms with van der Waals surface area (Å²) < 4.78 is 10.1. The Labute approximate surface area is 100 Å². The van der Waals surface area contributed by atoms with Gasteiger partial charge in [0.15, 0.2) is 6.29 Å². The molecule has 1 aromatic heterocycles. The monoisotopic (exact) mass is 239 g/mol. The number of hydrogen-bond donors (Lipinski definition) is 1. The number of aryl methyl sites for hydroxylation is 1. The molecule has 0 spiro atoms. The van der Waals surface area contributed by atoms with Gasteiger partial charge in [0.1, 0.15) is 5.69 Å². The fraction of sp³-hybridized carbons (Fsp3) is 0.545. The number of hydrogen-bond acceptors (Lipinski definition) is 5. The molecule has 94 valence electrons. The number of nitrogens with one attached hydrogen (secondary N) is 1. The molecule has 0 bridgehead atoms. The van der Waals surface area contributed by atoms with Gasteiger partial charge in [-0.25, -0.2) is 4.98 Å². The molecule has 0 aliphatic heterocycles. The van der Waals surface area contributed by atoms with E-state index in [1.165, 1.54) is 20.4 Å². The van der Waals surface area contributed by atoms with E-state index in [0.717, 1.165) is 5.69 Å². The molecule has 0 aliphatic carbocycles. The van der Waals surface area contributed by atoms with Gasteiger partial charge in [-0.15, -0.1) is 0 Å².